The molecular weight excluding hydrogens is 393 g/mol. The highest BCUT2D eigenvalue weighted by Gasteiger charge is 2.30. The summed E-state index contributed by atoms with van der Waals surface area (Å²) in [5.41, 5.74) is 2.64. The molecule has 1 amide bonds. The summed E-state index contributed by atoms with van der Waals surface area (Å²) in [6.07, 6.45) is 3.27. The largest absolute Gasteiger partial charge is 0.332 e. The van der Waals surface area contributed by atoms with Crippen molar-refractivity contribution in [2.75, 3.05) is 6.54 Å². The molecule has 6 heteroatoms. The van der Waals surface area contributed by atoms with Gasteiger partial charge in [-0.15, -0.1) is 0 Å². The highest BCUT2D eigenvalue weighted by molar-refractivity contribution is 5.95. The number of halogens is 1. The molecule has 0 bridgehead atoms. The summed E-state index contributed by atoms with van der Waals surface area (Å²) in [5.74, 6) is -0.351. The lowest BCUT2D eigenvalue weighted by Gasteiger charge is -2.25. The van der Waals surface area contributed by atoms with E-state index in [2.05, 4.69) is 4.98 Å². The number of aromatic nitrogens is 2. The molecule has 0 N–H and O–H groups in total. The average molecular weight is 413 g/mol. The first-order chi connectivity index (χ1) is 15.1. The predicted molar refractivity (Wildman–Crippen MR) is 117 cm³/mol. The normalized spacial score (nSPS) is 16.0. The van der Waals surface area contributed by atoms with Crippen molar-refractivity contribution in [3.05, 3.63) is 106 Å². The summed E-state index contributed by atoms with van der Waals surface area (Å²) < 4.78 is 14.8. The number of benzene rings is 3. The van der Waals surface area contributed by atoms with Crippen LogP contribution in [-0.2, 0) is 0 Å². The molecule has 1 aromatic heterocycles. The number of carbonyl (C=O) groups is 1. The molecule has 4 aromatic rings. The van der Waals surface area contributed by atoms with E-state index in [1.165, 1.54) is 23.0 Å². The zero-order chi connectivity index (χ0) is 21.4. The third-order valence-electron chi connectivity index (χ3n) is 5.83. The number of para-hydroxylation sites is 1. The lowest BCUT2D eigenvalue weighted by Crippen LogP contribution is -2.30. The molecule has 31 heavy (non-hydrogen) atoms. The van der Waals surface area contributed by atoms with Crippen LogP contribution in [0.4, 0.5) is 4.39 Å². The van der Waals surface area contributed by atoms with Gasteiger partial charge < -0.3 is 4.90 Å². The fraction of sp³-hybridized carbons (Fsp3) is 0.160. The van der Waals surface area contributed by atoms with E-state index >= 15 is 0 Å². The first-order valence-electron chi connectivity index (χ1n) is 10.2. The molecule has 1 unspecified atom stereocenters. The van der Waals surface area contributed by atoms with Gasteiger partial charge in [-0.25, -0.2) is 9.37 Å². The van der Waals surface area contributed by atoms with Crippen LogP contribution >= 0.6 is 0 Å². The Balaban J connectivity index is 1.42. The lowest BCUT2D eigenvalue weighted by molar-refractivity contribution is 0.0735. The quantitative estimate of drug-likeness (QED) is 0.497. The smallest absolute Gasteiger partial charge is 0.265 e. The van der Waals surface area contributed by atoms with Crippen molar-refractivity contribution in [3.63, 3.8) is 0 Å². The van der Waals surface area contributed by atoms with E-state index in [1.807, 2.05) is 17.0 Å². The van der Waals surface area contributed by atoms with Crippen LogP contribution in [-0.4, -0.2) is 26.9 Å². The van der Waals surface area contributed by atoms with Gasteiger partial charge in [0.25, 0.3) is 11.5 Å². The van der Waals surface area contributed by atoms with Crippen LogP contribution in [0.5, 0.6) is 0 Å². The Labute approximate surface area is 178 Å². The number of likely N-dealkylation sites (tertiary alicyclic amines) is 1. The average Bonchev–Trinajstić information content (AvgIpc) is 3.30. The van der Waals surface area contributed by atoms with Crippen LogP contribution in [0.1, 0.15) is 34.8 Å². The minimum absolute atomic E-state index is 0.0555. The standard InChI is InChI=1S/C25H20FN3O2/c26-19-11-7-17(8-12-19)23-6-3-15-28(23)24(30)18-9-13-20(14-10-18)29-16-27-22-5-2-1-4-21(22)25(29)31/h1-2,4-5,7-14,16,23H,3,6,15H2. The van der Waals surface area contributed by atoms with Crippen molar-refractivity contribution >= 4 is 16.8 Å². The molecule has 1 aliphatic heterocycles. The molecule has 0 radical (unpaired) electrons. The van der Waals surface area contributed by atoms with Crippen molar-refractivity contribution in [2.24, 2.45) is 0 Å². The van der Waals surface area contributed by atoms with Crippen molar-refractivity contribution < 1.29 is 9.18 Å². The zero-order valence-corrected chi connectivity index (χ0v) is 16.7. The van der Waals surface area contributed by atoms with Gasteiger partial charge in [-0.05, 0) is 66.9 Å². The molecular formula is C25H20FN3O2. The maximum absolute atomic E-state index is 13.3. The van der Waals surface area contributed by atoms with Crippen molar-refractivity contribution in [3.8, 4) is 5.69 Å². The third kappa shape index (κ3) is 3.50. The number of fused-ring (bicyclic) bond motifs is 1. The monoisotopic (exact) mass is 413 g/mol. The topological polar surface area (TPSA) is 55.2 Å². The van der Waals surface area contributed by atoms with E-state index in [0.29, 0.717) is 28.7 Å². The van der Waals surface area contributed by atoms with E-state index < -0.39 is 0 Å². The first kappa shape index (κ1) is 19.2. The number of hydrogen-bond donors (Lipinski definition) is 0. The third-order valence-corrected chi connectivity index (χ3v) is 5.83. The Morgan fingerprint density at radius 2 is 1.71 bits per heavy atom. The summed E-state index contributed by atoms with van der Waals surface area (Å²) in [5, 5.41) is 0.546. The summed E-state index contributed by atoms with van der Waals surface area (Å²) >= 11 is 0. The van der Waals surface area contributed by atoms with E-state index in [-0.39, 0.29) is 23.3 Å². The van der Waals surface area contributed by atoms with Gasteiger partial charge in [0.1, 0.15) is 12.1 Å². The van der Waals surface area contributed by atoms with Crippen LogP contribution in [0.15, 0.2) is 83.9 Å². The molecule has 154 valence electrons. The molecule has 1 aliphatic rings. The van der Waals surface area contributed by atoms with Gasteiger partial charge in [0, 0.05) is 12.1 Å². The van der Waals surface area contributed by atoms with E-state index in [9.17, 15) is 14.0 Å². The fourth-order valence-electron chi connectivity index (χ4n) is 4.22. The van der Waals surface area contributed by atoms with Crippen LogP contribution in [0.3, 0.4) is 0 Å². The lowest BCUT2D eigenvalue weighted by atomic mass is 10.0. The Morgan fingerprint density at radius 1 is 0.968 bits per heavy atom. The summed E-state index contributed by atoms with van der Waals surface area (Å²) in [6, 6.07) is 20.5. The Hall–Kier alpha value is -3.80. The molecule has 1 atom stereocenters. The second kappa shape index (κ2) is 7.80. The molecule has 0 aliphatic carbocycles. The van der Waals surface area contributed by atoms with Gasteiger partial charge in [0.2, 0.25) is 0 Å². The fourth-order valence-corrected chi connectivity index (χ4v) is 4.22. The van der Waals surface area contributed by atoms with Gasteiger partial charge in [0.15, 0.2) is 0 Å². The van der Waals surface area contributed by atoms with Gasteiger partial charge in [-0.1, -0.05) is 24.3 Å². The van der Waals surface area contributed by atoms with Crippen LogP contribution in [0.25, 0.3) is 16.6 Å². The molecule has 1 saturated heterocycles. The van der Waals surface area contributed by atoms with Crippen LogP contribution in [0, 0.1) is 5.82 Å². The Morgan fingerprint density at radius 3 is 2.48 bits per heavy atom. The summed E-state index contributed by atoms with van der Waals surface area (Å²) in [7, 11) is 0. The molecule has 3 aromatic carbocycles. The minimum atomic E-state index is -0.284. The number of rotatable bonds is 3. The summed E-state index contributed by atoms with van der Waals surface area (Å²) in [6.45, 7) is 0.663. The van der Waals surface area contributed by atoms with Crippen molar-refractivity contribution in [1.82, 2.24) is 14.5 Å². The number of carbonyl (C=O) groups excluding carboxylic acids is 1. The van der Waals surface area contributed by atoms with Crippen molar-refractivity contribution in [1.29, 1.82) is 0 Å². The van der Waals surface area contributed by atoms with E-state index in [4.69, 9.17) is 0 Å². The minimum Gasteiger partial charge on any atom is -0.332 e. The van der Waals surface area contributed by atoms with Crippen LogP contribution in [0.2, 0.25) is 0 Å². The molecule has 5 rings (SSSR count). The van der Waals surface area contributed by atoms with E-state index in [0.717, 1.165) is 18.4 Å². The highest BCUT2D eigenvalue weighted by atomic mass is 19.1. The maximum atomic E-state index is 13.3. The second-order valence-electron chi connectivity index (χ2n) is 7.69. The van der Waals surface area contributed by atoms with Gasteiger partial charge >= 0.3 is 0 Å². The maximum Gasteiger partial charge on any atom is 0.265 e. The van der Waals surface area contributed by atoms with Crippen LogP contribution < -0.4 is 5.56 Å². The zero-order valence-electron chi connectivity index (χ0n) is 16.7. The first-order valence-corrected chi connectivity index (χ1v) is 10.2. The molecule has 0 saturated carbocycles. The second-order valence-corrected chi connectivity index (χ2v) is 7.69. The van der Waals surface area contributed by atoms with Gasteiger partial charge in [-0.3, -0.25) is 14.2 Å². The van der Waals surface area contributed by atoms with Gasteiger partial charge in [-0.2, -0.15) is 0 Å². The molecule has 5 nitrogen and oxygen atoms in total. The van der Waals surface area contributed by atoms with Crippen molar-refractivity contribution in [2.45, 2.75) is 18.9 Å². The molecule has 1 fully saturated rings. The number of hydrogen-bond acceptors (Lipinski definition) is 3. The number of amides is 1. The SMILES string of the molecule is O=C(c1ccc(-n2cnc3ccccc3c2=O)cc1)N1CCCC1c1ccc(F)cc1. The molecule has 2 heterocycles. The van der Waals surface area contributed by atoms with Gasteiger partial charge in [0.05, 0.1) is 22.6 Å². The summed E-state index contributed by atoms with van der Waals surface area (Å²) in [4.78, 5) is 32.1. The van der Waals surface area contributed by atoms with E-state index in [1.54, 1.807) is 48.5 Å². The highest BCUT2D eigenvalue weighted by Crippen LogP contribution is 2.33. The Kier molecular flexibility index (Phi) is 4.82. The number of nitrogens with zero attached hydrogens (tertiary/aromatic N) is 3. The molecule has 0 spiro atoms. The Bertz CT molecular complexity index is 1310. The predicted octanol–water partition coefficient (Wildman–Crippen LogP) is 4.50.